The fourth-order valence-electron chi connectivity index (χ4n) is 2.90. The summed E-state index contributed by atoms with van der Waals surface area (Å²) in [4.78, 5) is 0. The van der Waals surface area contributed by atoms with Gasteiger partial charge in [0.25, 0.3) is 0 Å². The quantitative estimate of drug-likeness (QED) is 0.799. The Morgan fingerprint density at radius 3 is 2.79 bits per heavy atom. The predicted octanol–water partition coefficient (Wildman–Crippen LogP) is 4.29. The van der Waals surface area contributed by atoms with Gasteiger partial charge in [-0.05, 0) is 48.1 Å². The van der Waals surface area contributed by atoms with Crippen LogP contribution in [0.15, 0.2) is 54.6 Å². The first-order valence-electron chi connectivity index (χ1n) is 7.26. The summed E-state index contributed by atoms with van der Waals surface area (Å²) < 4.78 is 0. The summed E-state index contributed by atoms with van der Waals surface area (Å²) in [7, 11) is 0. The molecule has 0 aliphatic heterocycles. The van der Waals surface area contributed by atoms with Crippen molar-refractivity contribution < 1.29 is 0 Å². The van der Waals surface area contributed by atoms with E-state index in [4.69, 9.17) is 0 Å². The van der Waals surface area contributed by atoms with Crippen molar-refractivity contribution in [2.45, 2.75) is 25.8 Å². The summed E-state index contributed by atoms with van der Waals surface area (Å²) in [6, 6.07) is 15.2. The topological polar surface area (TPSA) is 12.0 Å². The Hall–Kier alpha value is -1.60. The molecular formula is C18H21N. The summed E-state index contributed by atoms with van der Waals surface area (Å²) in [5, 5.41) is 6.34. The van der Waals surface area contributed by atoms with E-state index >= 15 is 0 Å². The standard InChI is InChI=1S/C18H21N/c1-2-7-15(8-3-1)13-19-14-17-11-6-10-16-9-4-5-12-18(16)17/h1-2,4-6,9-12,15,19H,3,7-8,13-14H2. The Labute approximate surface area is 115 Å². The summed E-state index contributed by atoms with van der Waals surface area (Å²) >= 11 is 0. The van der Waals surface area contributed by atoms with Crippen LogP contribution < -0.4 is 5.32 Å². The molecule has 1 heteroatoms. The van der Waals surface area contributed by atoms with Crippen molar-refractivity contribution in [1.82, 2.24) is 5.32 Å². The van der Waals surface area contributed by atoms with Crippen molar-refractivity contribution in [3.63, 3.8) is 0 Å². The third-order valence-electron chi connectivity index (χ3n) is 4.01. The maximum Gasteiger partial charge on any atom is 0.0211 e. The Balaban J connectivity index is 1.63. The van der Waals surface area contributed by atoms with E-state index < -0.39 is 0 Å². The molecular weight excluding hydrogens is 230 g/mol. The van der Waals surface area contributed by atoms with Crippen LogP contribution in [-0.2, 0) is 6.54 Å². The molecule has 2 aromatic rings. The molecule has 1 nitrogen and oxygen atoms in total. The SMILES string of the molecule is C1=CCC(CNCc2cccc3ccccc23)CC1. The second-order valence-electron chi connectivity index (χ2n) is 5.42. The molecule has 98 valence electrons. The molecule has 3 rings (SSSR count). The van der Waals surface area contributed by atoms with Crippen LogP contribution in [0, 0.1) is 5.92 Å². The smallest absolute Gasteiger partial charge is 0.0211 e. The van der Waals surface area contributed by atoms with Crippen LogP contribution >= 0.6 is 0 Å². The number of allylic oxidation sites excluding steroid dienone is 2. The second-order valence-corrected chi connectivity index (χ2v) is 5.42. The Morgan fingerprint density at radius 2 is 1.89 bits per heavy atom. The summed E-state index contributed by atoms with van der Waals surface area (Å²) in [5.41, 5.74) is 1.41. The molecule has 1 atom stereocenters. The molecule has 0 fully saturated rings. The molecule has 1 unspecified atom stereocenters. The number of hydrogen-bond acceptors (Lipinski definition) is 1. The monoisotopic (exact) mass is 251 g/mol. The lowest BCUT2D eigenvalue weighted by Gasteiger charge is -2.18. The number of hydrogen-bond donors (Lipinski definition) is 1. The zero-order valence-electron chi connectivity index (χ0n) is 11.3. The van der Waals surface area contributed by atoms with Gasteiger partial charge in [0, 0.05) is 6.54 Å². The van der Waals surface area contributed by atoms with Crippen LogP contribution in [0.4, 0.5) is 0 Å². The van der Waals surface area contributed by atoms with Crippen molar-refractivity contribution in [2.24, 2.45) is 5.92 Å². The molecule has 0 amide bonds. The minimum Gasteiger partial charge on any atom is -0.312 e. The Bertz CT molecular complexity index is 565. The predicted molar refractivity (Wildman–Crippen MR) is 82.1 cm³/mol. The van der Waals surface area contributed by atoms with Gasteiger partial charge in [-0.1, -0.05) is 54.6 Å². The van der Waals surface area contributed by atoms with E-state index in [2.05, 4.69) is 59.9 Å². The number of fused-ring (bicyclic) bond motifs is 1. The van der Waals surface area contributed by atoms with E-state index in [1.165, 1.54) is 35.6 Å². The van der Waals surface area contributed by atoms with Crippen molar-refractivity contribution in [3.8, 4) is 0 Å². The number of benzene rings is 2. The van der Waals surface area contributed by atoms with E-state index in [9.17, 15) is 0 Å². The van der Waals surface area contributed by atoms with Gasteiger partial charge < -0.3 is 5.32 Å². The number of nitrogens with one attached hydrogen (secondary N) is 1. The van der Waals surface area contributed by atoms with E-state index in [0.717, 1.165) is 19.0 Å². The van der Waals surface area contributed by atoms with Gasteiger partial charge >= 0.3 is 0 Å². The largest absolute Gasteiger partial charge is 0.312 e. The minimum atomic E-state index is 0.819. The Kier molecular flexibility index (Phi) is 3.95. The highest BCUT2D eigenvalue weighted by Crippen LogP contribution is 2.19. The summed E-state index contributed by atoms with van der Waals surface area (Å²) in [6.07, 6.45) is 8.46. The molecule has 19 heavy (non-hydrogen) atoms. The van der Waals surface area contributed by atoms with Crippen LogP contribution in [-0.4, -0.2) is 6.54 Å². The number of rotatable bonds is 4. The lowest BCUT2D eigenvalue weighted by atomic mass is 9.94. The van der Waals surface area contributed by atoms with E-state index in [1.54, 1.807) is 0 Å². The fourth-order valence-corrected chi connectivity index (χ4v) is 2.90. The maximum atomic E-state index is 3.63. The fraction of sp³-hybridized carbons (Fsp3) is 0.333. The molecule has 1 aliphatic carbocycles. The van der Waals surface area contributed by atoms with Gasteiger partial charge in [-0.2, -0.15) is 0 Å². The van der Waals surface area contributed by atoms with Crippen molar-refractivity contribution >= 4 is 10.8 Å². The molecule has 1 N–H and O–H groups in total. The van der Waals surface area contributed by atoms with Crippen LogP contribution in [0.2, 0.25) is 0 Å². The molecule has 0 bridgehead atoms. The van der Waals surface area contributed by atoms with Gasteiger partial charge in [0.1, 0.15) is 0 Å². The highest BCUT2D eigenvalue weighted by Gasteiger charge is 2.09. The van der Waals surface area contributed by atoms with Gasteiger partial charge in [-0.3, -0.25) is 0 Å². The lowest BCUT2D eigenvalue weighted by molar-refractivity contribution is 0.441. The second kappa shape index (κ2) is 6.03. The van der Waals surface area contributed by atoms with E-state index in [0.29, 0.717) is 0 Å². The van der Waals surface area contributed by atoms with Crippen molar-refractivity contribution in [1.29, 1.82) is 0 Å². The molecule has 0 radical (unpaired) electrons. The highest BCUT2D eigenvalue weighted by molar-refractivity contribution is 5.85. The zero-order valence-corrected chi connectivity index (χ0v) is 11.3. The summed E-state index contributed by atoms with van der Waals surface area (Å²) in [5.74, 6) is 0.819. The molecule has 0 saturated carbocycles. The van der Waals surface area contributed by atoms with Crippen LogP contribution in [0.1, 0.15) is 24.8 Å². The van der Waals surface area contributed by atoms with E-state index in [1.807, 2.05) is 0 Å². The van der Waals surface area contributed by atoms with Gasteiger partial charge in [0.05, 0.1) is 0 Å². The van der Waals surface area contributed by atoms with Gasteiger partial charge in [-0.15, -0.1) is 0 Å². The van der Waals surface area contributed by atoms with Gasteiger partial charge in [-0.25, -0.2) is 0 Å². The van der Waals surface area contributed by atoms with Crippen molar-refractivity contribution in [3.05, 3.63) is 60.2 Å². The summed E-state index contributed by atoms with van der Waals surface area (Å²) in [6.45, 7) is 2.11. The lowest BCUT2D eigenvalue weighted by Crippen LogP contribution is -2.23. The van der Waals surface area contributed by atoms with Crippen LogP contribution in [0.3, 0.4) is 0 Å². The third kappa shape index (κ3) is 3.05. The molecule has 0 saturated heterocycles. The first-order chi connectivity index (χ1) is 9.43. The molecule has 0 aromatic heterocycles. The molecule has 0 heterocycles. The van der Waals surface area contributed by atoms with Gasteiger partial charge in [0.2, 0.25) is 0 Å². The third-order valence-corrected chi connectivity index (χ3v) is 4.01. The molecule has 1 aliphatic rings. The van der Waals surface area contributed by atoms with Crippen LogP contribution in [0.5, 0.6) is 0 Å². The normalized spacial score (nSPS) is 18.8. The first kappa shape index (κ1) is 12.4. The molecule has 2 aromatic carbocycles. The van der Waals surface area contributed by atoms with E-state index in [-0.39, 0.29) is 0 Å². The average molecular weight is 251 g/mol. The zero-order chi connectivity index (χ0) is 12.9. The maximum absolute atomic E-state index is 3.63. The van der Waals surface area contributed by atoms with Crippen LogP contribution in [0.25, 0.3) is 10.8 Å². The average Bonchev–Trinajstić information content (AvgIpc) is 2.49. The van der Waals surface area contributed by atoms with Gasteiger partial charge in [0.15, 0.2) is 0 Å². The first-order valence-corrected chi connectivity index (χ1v) is 7.26. The Morgan fingerprint density at radius 1 is 1.00 bits per heavy atom. The van der Waals surface area contributed by atoms with Crippen molar-refractivity contribution in [2.75, 3.05) is 6.54 Å². The minimum absolute atomic E-state index is 0.819. The molecule has 0 spiro atoms. The highest BCUT2D eigenvalue weighted by atomic mass is 14.9.